The molecule has 0 radical (unpaired) electrons. The van der Waals surface area contributed by atoms with Gasteiger partial charge in [-0.3, -0.25) is 0 Å². The number of unbranched alkanes of at least 4 members (excludes halogenated alkanes) is 10. The second kappa shape index (κ2) is 15.5. The van der Waals surface area contributed by atoms with Crippen LogP contribution in [0.3, 0.4) is 0 Å². The zero-order valence-electron chi connectivity index (χ0n) is 18.7. The number of hydrogen-bond acceptors (Lipinski definition) is 3. The monoisotopic (exact) mass is 392 g/mol. The van der Waals surface area contributed by atoms with Crippen LogP contribution in [0.5, 0.6) is 17.2 Å². The van der Waals surface area contributed by atoms with Gasteiger partial charge in [0.1, 0.15) is 0 Å². The van der Waals surface area contributed by atoms with E-state index in [1.807, 2.05) is 0 Å². The third kappa shape index (κ3) is 9.21. The SMILES string of the molecule is CCCCCCCCc1cc(O)c(O)c(OCCC)c1CCCCCCCC. The first-order valence-corrected chi connectivity index (χ1v) is 11.8. The zero-order chi connectivity index (χ0) is 20.6. The van der Waals surface area contributed by atoms with Crippen molar-refractivity contribution in [2.24, 2.45) is 0 Å². The molecule has 1 rings (SSSR count). The van der Waals surface area contributed by atoms with Crippen molar-refractivity contribution in [3.63, 3.8) is 0 Å². The van der Waals surface area contributed by atoms with E-state index in [0.717, 1.165) is 43.2 Å². The van der Waals surface area contributed by atoms with Gasteiger partial charge in [-0.15, -0.1) is 0 Å². The van der Waals surface area contributed by atoms with Gasteiger partial charge in [0, 0.05) is 5.56 Å². The van der Waals surface area contributed by atoms with Crippen molar-refractivity contribution in [1.29, 1.82) is 0 Å². The number of phenols is 2. The maximum Gasteiger partial charge on any atom is 0.200 e. The molecule has 3 heteroatoms. The first-order chi connectivity index (χ1) is 13.7. The van der Waals surface area contributed by atoms with Crippen LogP contribution in [0.2, 0.25) is 0 Å². The van der Waals surface area contributed by atoms with Gasteiger partial charge in [0.25, 0.3) is 0 Å². The van der Waals surface area contributed by atoms with Gasteiger partial charge in [0.15, 0.2) is 11.5 Å². The summed E-state index contributed by atoms with van der Waals surface area (Å²) in [5, 5.41) is 20.6. The van der Waals surface area contributed by atoms with Crippen LogP contribution in [0.1, 0.15) is 115 Å². The summed E-state index contributed by atoms with van der Waals surface area (Å²) in [7, 11) is 0. The van der Waals surface area contributed by atoms with Gasteiger partial charge in [-0.2, -0.15) is 0 Å². The van der Waals surface area contributed by atoms with E-state index in [1.54, 1.807) is 6.07 Å². The topological polar surface area (TPSA) is 49.7 Å². The smallest absolute Gasteiger partial charge is 0.200 e. The minimum atomic E-state index is -0.0823. The number of benzene rings is 1. The maximum absolute atomic E-state index is 10.4. The highest BCUT2D eigenvalue weighted by Gasteiger charge is 2.18. The van der Waals surface area contributed by atoms with E-state index in [1.165, 1.54) is 64.2 Å². The van der Waals surface area contributed by atoms with Crippen molar-refractivity contribution in [3.8, 4) is 17.2 Å². The molecule has 3 nitrogen and oxygen atoms in total. The molecule has 162 valence electrons. The third-order valence-electron chi connectivity index (χ3n) is 5.46. The fourth-order valence-electron chi connectivity index (χ4n) is 3.76. The summed E-state index contributed by atoms with van der Waals surface area (Å²) >= 11 is 0. The standard InChI is InChI=1S/C25H44O3/c1-4-7-9-11-13-15-17-21-20-23(26)24(27)25(28-19-6-3)22(21)18-16-14-12-10-8-5-2/h20,26-27H,4-19H2,1-3H3. The summed E-state index contributed by atoms with van der Waals surface area (Å²) in [5.74, 6) is 0.399. The molecule has 1 aromatic rings. The first kappa shape index (κ1) is 24.7. The molecule has 0 amide bonds. The van der Waals surface area contributed by atoms with Crippen LogP contribution in [0.4, 0.5) is 0 Å². The Bertz CT molecular complexity index is 525. The van der Waals surface area contributed by atoms with Crippen molar-refractivity contribution in [1.82, 2.24) is 0 Å². The number of aromatic hydroxyl groups is 2. The molecule has 0 spiro atoms. The Labute approximate surface area is 173 Å². The molecule has 0 atom stereocenters. The van der Waals surface area contributed by atoms with E-state index in [-0.39, 0.29) is 11.5 Å². The van der Waals surface area contributed by atoms with Crippen molar-refractivity contribution in [2.45, 2.75) is 117 Å². The average molecular weight is 393 g/mol. The number of hydrogen-bond donors (Lipinski definition) is 2. The number of aryl methyl sites for hydroxylation is 1. The van der Waals surface area contributed by atoms with E-state index in [4.69, 9.17) is 4.74 Å². The predicted molar refractivity (Wildman–Crippen MR) is 120 cm³/mol. The molecule has 0 aromatic heterocycles. The fraction of sp³-hybridized carbons (Fsp3) is 0.760. The Balaban J connectivity index is 2.77. The molecule has 28 heavy (non-hydrogen) atoms. The molecule has 2 N–H and O–H groups in total. The molecule has 0 saturated carbocycles. The maximum atomic E-state index is 10.4. The van der Waals surface area contributed by atoms with Crippen LogP contribution in [0.25, 0.3) is 0 Å². The molecule has 0 aliphatic heterocycles. The lowest BCUT2D eigenvalue weighted by molar-refractivity contribution is 0.288. The Hall–Kier alpha value is -1.38. The molecule has 0 bridgehead atoms. The van der Waals surface area contributed by atoms with Crippen molar-refractivity contribution >= 4 is 0 Å². The molecule has 0 aliphatic carbocycles. The quantitative estimate of drug-likeness (QED) is 0.211. The molecular weight excluding hydrogens is 348 g/mol. The largest absolute Gasteiger partial charge is 0.504 e. The highest BCUT2D eigenvalue weighted by atomic mass is 16.5. The van der Waals surface area contributed by atoms with Gasteiger partial charge in [0.05, 0.1) is 6.61 Å². The van der Waals surface area contributed by atoms with Crippen LogP contribution in [0.15, 0.2) is 6.07 Å². The zero-order valence-corrected chi connectivity index (χ0v) is 18.7. The molecule has 0 unspecified atom stereocenters. The van der Waals surface area contributed by atoms with E-state index >= 15 is 0 Å². The molecule has 0 aliphatic rings. The lowest BCUT2D eigenvalue weighted by Crippen LogP contribution is -2.04. The molecule has 0 fully saturated rings. The highest BCUT2D eigenvalue weighted by molar-refractivity contribution is 5.58. The average Bonchev–Trinajstić information content (AvgIpc) is 2.69. The summed E-state index contributed by atoms with van der Waals surface area (Å²) in [6.45, 7) is 7.11. The van der Waals surface area contributed by atoms with Crippen LogP contribution < -0.4 is 4.74 Å². The Morgan fingerprint density at radius 3 is 1.79 bits per heavy atom. The van der Waals surface area contributed by atoms with E-state index in [0.29, 0.717) is 12.4 Å². The summed E-state index contributed by atoms with van der Waals surface area (Å²) in [5.41, 5.74) is 2.28. The fourth-order valence-corrected chi connectivity index (χ4v) is 3.76. The predicted octanol–water partition coefficient (Wildman–Crippen LogP) is 7.69. The van der Waals surface area contributed by atoms with E-state index in [9.17, 15) is 10.2 Å². The van der Waals surface area contributed by atoms with Crippen molar-refractivity contribution in [3.05, 3.63) is 17.2 Å². The molecule has 0 saturated heterocycles. The second-order valence-corrected chi connectivity index (χ2v) is 8.10. The van der Waals surface area contributed by atoms with Crippen LogP contribution in [-0.4, -0.2) is 16.8 Å². The van der Waals surface area contributed by atoms with Gasteiger partial charge in [0.2, 0.25) is 5.75 Å². The van der Waals surface area contributed by atoms with Crippen LogP contribution in [-0.2, 0) is 12.8 Å². The number of phenolic OH excluding ortho intramolecular Hbond substituents is 2. The molecule has 0 heterocycles. The highest BCUT2D eigenvalue weighted by Crippen LogP contribution is 2.42. The Kier molecular flexibility index (Phi) is 13.7. The molecular formula is C25H44O3. The van der Waals surface area contributed by atoms with Crippen LogP contribution >= 0.6 is 0 Å². The number of rotatable bonds is 17. The number of ether oxygens (including phenoxy) is 1. The minimum absolute atomic E-state index is 0.0428. The third-order valence-corrected chi connectivity index (χ3v) is 5.46. The Morgan fingerprint density at radius 2 is 1.21 bits per heavy atom. The first-order valence-electron chi connectivity index (χ1n) is 11.8. The van der Waals surface area contributed by atoms with E-state index in [2.05, 4.69) is 20.8 Å². The van der Waals surface area contributed by atoms with E-state index < -0.39 is 0 Å². The van der Waals surface area contributed by atoms with Gasteiger partial charge >= 0.3 is 0 Å². The minimum Gasteiger partial charge on any atom is -0.504 e. The normalized spacial score (nSPS) is 11.1. The second-order valence-electron chi connectivity index (χ2n) is 8.10. The molecule has 1 aromatic carbocycles. The summed E-state index contributed by atoms with van der Waals surface area (Å²) in [4.78, 5) is 0. The lowest BCUT2D eigenvalue weighted by Gasteiger charge is -2.18. The lowest BCUT2D eigenvalue weighted by atomic mass is 9.94. The van der Waals surface area contributed by atoms with Gasteiger partial charge in [-0.05, 0) is 43.7 Å². The van der Waals surface area contributed by atoms with Crippen LogP contribution in [0, 0.1) is 0 Å². The Morgan fingerprint density at radius 1 is 0.679 bits per heavy atom. The van der Waals surface area contributed by atoms with Gasteiger partial charge in [-0.25, -0.2) is 0 Å². The summed E-state index contributed by atoms with van der Waals surface area (Å²) < 4.78 is 5.88. The van der Waals surface area contributed by atoms with Crippen molar-refractivity contribution in [2.75, 3.05) is 6.61 Å². The summed E-state index contributed by atoms with van der Waals surface area (Å²) in [6.07, 6.45) is 17.8. The summed E-state index contributed by atoms with van der Waals surface area (Å²) in [6, 6.07) is 1.77. The van der Waals surface area contributed by atoms with Gasteiger partial charge in [-0.1, -0.05) is 85.0 Å². The van der Waals surface area contributed by atoms with Crippen molar-refractivity contribution < 1.29 is 14.9 Å². The van der Waals surface area contributed by atoms with Gasteiger partial charge < -0.3 is 14.9 Å².